The summed E-state index contributed by atoms with van der Waals surface area (Å²) in [6, 6.07) is 0.686. The highest BCUT2D eigenvalue weighted by Crippen LogP contribution is 2.66. The lowest BCUT2D eigenvalue weighted by Crippen LogP contribution is -2.56. The summed E-state index contributed by atoms with van der Waals surface area (Å²) in [4.78, 5) is 0. The molecule has 0 heterocycles. The minimum atomic E-state index is -0.0233. The largest absolute Gasteiger partial charge is 0.393 e. The van der Waals surface area contributed by atoms with E-state index < -0.39 is 0 Å². The Hall–Kier alpha value is -0.120. The van der Waals surface area contributed by atoms with Crippen LogP contribution in [0, 0.1) is 34.5 Å². The molecule has 3 nitrogen and oxygen atoms in total. The second kappa shape index (κ2) is 6.25. The zero-order valence-corrected chi connectivity index (χ0v) is 15.8. The highest BCUT2D eigenvalue weighted by Gasteiger charge is 2.59. The molecule has 0 radical (unpaired) electrons. The molecular formula is C21H38N2O. The molecule has 3 heteroatoms. The Morgan fingerprint density at radius 2 is 1.71 bits per heavy atom. The van der Waals surface area contributed by atoms with E-state index in [2.05, 4.69) is 19.2 Å². The van der Waals surface area contributed by atoms with Crippen LogP contribution in [-0.2, 0) is 0 Å². The van der Waals surface area contributed by atoms with Gasteiger partial charge in [0, 0.05) is 19.1 Å². The van der Waals surface area contributed by atoms with E-state index in [1.807, 2.05) is 0 Å². The van der Waals surface area contributed by atoms with E-state index in [1.165, 1.54) is 44.9 Å². The number of nitrogens with two attached hydrogens (primary N) is 1. The first-order chi connectivity index (χ1) is 11.5. The van der Waals surface area contributed by atoms with E-state index in [0.717, 1.165) is 49.6 Å². The first-order valence-corrected chi connectivity index (χ1v) is 10.6. The molecule has 4 saturated carbocycles. The molecule has 0 aliphatic heterocycles. The molecule has 0 aromatic rings. The van der Waals surface area contributed by atoms with Crippen molar-refractivity contribution < 1.29 is 5.11 Å². The monoisotopic (exact) mass is 334 g/mol. The second-order valence-electron chi connectivity index (χ2n) is 10.0. The van der Waals surface area contributed by atoms with Crippen LogP contribution < -0.4 is 11.1 Å². The zero-order chi connectivity index (χ0) is 16.9. The van der Waals surface area contributed by atoms with Gasteiger partial charge in [0.1, 0.15) is 0 Å². The molecule has 5 unspecified atom stereocenters. The number of aliphatic hydroxyl groups excluding tert-OH is 1. The van der Waals surface area contributed by atoms with Gasteiger partial charge in [-0.15, -0.1) is 0 Å². The average Bonchev–Trinajstić information content (AvgIpc) is 2.90. The van der Waals surface area contributed by atoms with E-state index in [4.69, 9.17) is 5.73 Å². The summed E-state index contributed by atoms with van der Waals surface area (Å²) >= 11 is 0. The summed E-state index contributed by atoms with van der Waals surface area (Å²) in [7, 11) is 0. The molecule has 0 spiro atoms. The van der Waals surface area contributed by atoms with Crippen molar-refractivity contribution in [2.45, 2.75) is 83.8 Å². The number of nitrogens with one attached hydrogen (secondary N) is 1. The van der Waals surface area contributed by atoms with Gasteiger partial charge in [-0.05, 0) is 92.3 Å². The van der Waals surface area contributed by atoms with Gasteiger partial charge in [-0.2, -0.15) is 0 Å². The van der Waals surface area contributed by atoms with Crippen LogP contribution in [0.2, 0.25) is 0 Å². The summed E-state index contributed by atoms with van der Waals surface area (Å²) in [5, 5.41) is 13.9. The smallest absolute Gasteiger partial charge is 0.0543 e. The van der Waals surface area contributed by atoms with E-state index in [9.17, 15) is 5.11 Å². The van der Waals surface area contributed by atoms with Gasteiger partial charge in [0.25, 0.3) is 0 Å². The van der Waals surface area contributed by atoms with Gasteiger partial charge < -0.3 is 16.2 Å². The molecule has 0 saturated heterocycles. The first-order valence-electron chi connectivity index (χ1n) is 10.6. The summed E-state index contributed by atoms with van der Waals surface area (Å²) in [5.74, 6) is 3.54. The van der Waals surface area contributed by atoms with Crippen molar-refractivity contribution in [3.05, 3.63) is 0 Å². The van der Waals surface area contributed by atoms with Gasteiger partial charge >= 0.3 is 0 Å². The molecule has 4 N–H and O–H groups in total. The fourth-order valence-electron chi connectivity index (χ4n) is 7.83. The van der Waals surface area contributed by atoms with Crippen molar-refractivity contribution in [2.75, 3.05) is 13.1 Å². The van der Waals surface area contributed by atoms with Gasteiger partial charge in [0.05, 0.1) is 6.10 Å². The lowest BCUT2D eigenvalue weighted by Gasteiger charge is -2.61. The maximum Gasteiger partial charge on any atom is 0.0543 e. The van der Waals surface area contributed by atoms with Crippen molar-refractivity contribution in [3.63, 3.8) is 0 Å². The van der Waals surface area contributed by atoms with Crippen LogP contribution in [0.4, 0.5) is 0 Å². The minimum absolute atomic E-state index is 0.0233. The van der Waals surface area contributed by atoms with E-state index in [-0.39, 0.29) is 6.10 Å². The number of hydrogen-bond donors (Lipinski definition) is 3. The Balaban J connectivity index is 1.54. The van der Waals surface area contributed by atoms with Crippen molar-refractivity contribution in [1.82, 2.24) is 5.32 Å². The third kappa shape index (κ3) is 2.49. The Morgan fingerprint density at radius 1 is 0.958 bits per heavy atom. The van der Waals surface area contributed by atoms with Gasteiger partial charge in [-0.3, -0.25) is 0 Å². The molecule has 8 atom stereocenters. The maximum absolute atomic E-state index is 10.1. The molecule has 138 valence electrons. The fourth-order valence-corrected chi connectivity index (χ4v) is 7.83. The van der Waals surface area contributed by atoms with Crippen molar-refractivity contribution >= 4 is 0 Å². The molecule has 4 rings (SSSR count). The van der Waals surface area contributed by atoms with Crippen LogP contribution in [0.3, 0.4) is 0 Å². The summed E-state index contributed by atoms with van der Waals surface area (Å²) in [6.07, 6.45) is 11.7. The van der Waals surface area contributed by atoms with Crippen molar-refractivity contribution in [1.29, 1.82) is 0 Å². The predicted molar refractivity (Wildman–Crippen MR) is 98.6 cm³/mol. The van der Waals surface area contributed by atoms with Crippen LogP contribution in [0.5, 0.6) is 0 Å². The van der Waals surface area contributed by atoms with Crippen LogP contribution in [0.15, 0.2) is 0 Å². The molecule has 4 aliphatic carbocycles. The molecule has 4 fully saturated rings. The highest BCUT2D eigenvalue weighted by atomic mass is 16.3. The fraction of sp³-hybridized carbons (Fsp3) is 1.00. The first kappa shape index (κ1) is 17.3. The topological polar surface area (TPSA) is 58.3 Å². The lowest BCUT2D eigenvalue weighted by atomic mass is 9.45. The summed E-state index contributed by atoms with van der Waals surface area (Å²) in [5.41, 5.74) is 6.74. The average molecular weight is 335 g/mol. The van der Waals surface area contributed by atoms with E-state index in [1.54, 1.807) is 0 Å². The highest BCUT2D eigenvalue weighted by molar-refractivity contribution is 5.10. The van der Waals surface area contributed by atoms with Crippen LogP contribution in [-0.4, -0.2) is 30.3 Å². The summed E-state index contributed by atoms with van der Waals surface area (Å²) in [6.45, 7) is 6.89. The number of aliphatic hydroxyl groups is 1. The Bertz CT molecular complexity index is 469. The molecule has 24 heavy (non-hydrogen) atoms. The van der Waals surface area contributed by atoms with Gasteiger partial charge in [0.15, 0.2) is 0 Å². The quantitative estimate of drug-likeness (QED) is 0.742. The minimum Gasteiger partial charge on any atom is -0.393 e. The van der Waals surface area contributed by atoms with Crippen LogP contribution in [0.25, 0.3) is 0 Å². The number of rotatable bonds is 3. The van der Waals surface area contributed by atoms with E-state index >= 15 is 0 Å². The summed E-state index contributed by atoms with van der Waals surface area (Å²) < 4.78 is 0. The van der Waals surface area contributed by atoms with Gasteiger partial charge in [0.2, 0.25) is 0 Å². The molecule has 4 aliphatic rings. The van der Waals surface area contributed by atoms with Crippen LogP contribution >= 0.6 is 0 Å². The Kier molecular flexibility index (Phi) is 4.50. The predicted octanol–water partition coefficient (Wildman–Crippen LogP) is 3.31. The lowest BCUT2D eigenvalue weighted by molar-refractivity contribution is -0.123. The van der Waals surface area contributed by atoms with Crippen molar-refractivity contribution in [3.8, 4) is 0 Å². The maximum atomic E-state index is 10.1. The standard InChI is InChI=1S/C21H38N2O/c1-20-9-7-15(24)13-14(20)3-4-16-17-5-6-19(23-12-11-22)21(17,2)10-8-18(16)20/h14-19,23-24H,3-13,22H2,1-2H3/t14-,15?,16?,17?,18?,19?,20-,21-/m0/s1. The van der Waals surface area contributed by atoms with Gasteiger partial charge in [-0.25, -0.2) is 0 Å². The molecular weight excluding hydrogens is 296 g/mol. The SMILES string of the molecule is C[C@]12CCC3C(CC[C@H]4CC(O)CC[C@]34C)C1CCC2NCCN. The Labute approximate surface area is 148 Å². The molecule has 0 aromatic carbocycles. The van der Waals surface area contributed by atoms with Gasteiger partial charge in [-0.1, -0.05) is 13.8 Å². The third-order valence-electron chi connectivity index (χ3n) is 9.17. The number of hydrogen-bond acceptors (Lipinski definition) is 3. The number of fused-ring (bicyclic) bond motifs is 5. The molecule has 0 aromatic heterocycles. The normalized spacial score (nSPS) is 54.0. The zero-order valence-electron chi connectivity index (χ0n) is 15.8. The third-order valence-corrected chi connectivity index (χ3v) is 9.17. The molecule has 0 bridgehead atoms. The Morgan fingerprint density at radius 3 is 2.50 bits per heavy atom. The van der Waals surface area contributed by atoms with Crippen LogP contribution in [0.1, 0.15) is 71.6 Å². The van der Waals surface area contributed by atoms with Crippen molar-refractivity contribution in [2.24, 2.45) is 40.2 Å². The molecule has 0 amide bonds. The second-order valence-corrected chi connectivity index (χ2v) is 10.0. The van der Waals surface area contributed by atoms with E-state index in [0.29, 0.717) is 16.9 Å².